The van der Waals surface area contributed by atoms with E-state index in [2.05, 4.69) is 15.4 Å². The van der Waals surface area contributed by atoms with Crippen molar-refractivity contribution in [3.63, 3.8) is 0 Å². The average Bonchev–Trinajstić information content (AvgIpc) is 3.03. The van der Waals surface area contributed by atoms with E-state index in [1.54, 1.807) is 6.92 Å². The first kappa shape index (κ1) is 16.4. The molecule has 0 saturated heterocycles. The number of aromatic nitrogens is 3. The Bertz CT molecular complexity index is 730. The van der Waals surface area contributed by atoms with Crippen molar-refractivity contribution in [1.29, 1.82) is 0 Å². The van der Waals surface area contributed by atoms with Gasteiger partial charge < -0.3 is 5.32 Å². The van der Waals surface area contributed by atoms with Crippen LogP contribution < -0.4 is 5.32 Å². The second kappa shape index (κ2) is 5.88. The Kier molecular flexibility index (Phi) is 4.02. The predicted molar refractivity (Wildman–Crippen MR) is 75.9 cm³/mol. The lowest BCUT2D eigenvalue weighted by Crippen LogP contribution is -2.27. The minimum Gasteiger partial charge on any atom is -0.344 e. The number of pyridine rings is 1. The third-order valence-electron chi connectivity index (χ3n) is 3.82. The molecule has 1 N–H and O–H groups in total. The largest absolute Gasteiger partial charge is 0.433 e. The first-order chi connectivity index (χ1) is 11.2. The molecule has 0 aromatic carbocycles. The van der Waals surface area contributed by atoms with E-state index >= 15 is 0 Å². The fourth-order valence-electron chi connectivity index (χ4n) is 2.55. The number of nitrogens with one attached hydrogen (secondary N) is 1. The van der Waals surface area contributed by atoms with Gasteiger partial charge in [-0.3, -0.25) is 14.5 Å². The Labute approximate surface area is 134 Å². The summed E-state index contributed by atoms with van der Waals surface area (Å²) in [6, 6.07) is 3.11. The van der Waals surface area contributed by atoms with Crippen LogP contribution in [0.25, 0.3) is 0 Å². The van der Waals surface area contributed by atoms with Crippen LogP contribution in [0.4, 0.5) is 17.6 Å². The van der Waals surface area contributed by atoms with Gasteiger partial charge in [0, 0.05) is 18.3 Å². The zero-order valence-corrected chi connectivity index (χ0v) is 12.6. The molecule has 9 heteroatoms. The van der Waals surface area contributed by atoms with E-state index in [9.17, 15) is 22.4 Å². The van der Waals surface area contributed by atoms with E-state index in [0.29, 0.717) is 11.3 Å². The van der Waals surface area contributed by atoms with Crippen molar-refractivity contribution in [3.8, 4) is 0 Å². The molecule has 2 atom stereocenters. The third kappa shape index (κ3) is 3.24. The summed E-state index contributed by atoms with van der Waals surface area (Å²) in [6.45, 7) is 1.75. The van der Waals surface area contributed by atoms with Crippen molar-refractivity contribution in [2.24, 2.45) is 0 Å². The lowest BCUT2D eigenvalue weighted by Gasteiger charge is -2.14. The molecule has 0 radical (unpaired) electrons. The minimum absolute atomic E-state index is 0.126. The van der Waals surface area contributed by atoms with Crippen LogP contribution in [0.5, 0.6) is 0 Å². The summed E-state index contributed by atoms with van der Waals surface area (Å²) in [5.74, 6) is -0.472. The monoisotopic (exact) mass is 342 g/mol. The smallest absolute Gasteiger partial charge is 0.344 e. The molecule has 128 valence electrons. The molecule has 2 aromatic rings. The maximum Gasteiger partial charge on any atom is 0.433 e. The van der Waals surface area contributed by atoms with Gasteiger partial charge in [-0.2, -0.15) is 18.3 Å². The number of alkyl halides is 4. The second-order valence-electron chi connectivity index (χ2n) is 5.67. The van der Waals surface area contributed by atoms with Gasteiger partial charge in [0.2, 0.25) is 0 Å². The molecule has 3 heterocycles. The maximum absolute atomic E-state index is 13.2. The van der Waals surface area contributed by atoms with Crippen LogP contribution in [0.1, 0.15) is 40.4 Å². The van der Waals surface area contributed by atoms with Crippen molar-refractivity contribution < 1.29 is 22.4 Å². The molecule has 0 saturated carbocycles. The summed E-state index contributed by atoms with van der Waals surface area (Å²) in [5.41, 5.74) is 0.253. The summed E-state index contributed by atoms with van der Waals surface area (Å²) in [5, 5.41) is 6.68. The van der Waals surface area contributed by atoms with Gasteiger partial charge >= 0.3 is 6.18 Å². The van der Waals surface area contributed by atoms with Crippen LogP contribution in [0, 0.1) is 0 Å². The zero-order chi connectivity index (χ0) is 17.5. The van der Waals surface area contributed by atoms with Crippen LogP contribution in [-0.4, -0.2) is 26.8 Å². The fourth-order valence-corrected chi connectivity index (χ4v) is 2.55. The molecule has 1 unspecified atom stereocenters. The van der Waals surface area contributed by atoms with Crippen LogP contribution in [0.3, 0.4) is 0 Å². The highest BCUT2D eigenvalue weighted by molar-refractivity contribution is 5.92. The number of carbonyl (C=O) groups is 1. The minimum atomic E-state index is -4.50. The number of hydrogen-bond donors (Lipinski definition) is 1. The van der Waals surface area contributed by atoms with Gasteiger partial charge in [-0.25, -0.2) is 4.39 Å². The number of halogens is 4. The molecule has 3 rings (SSSR count). The topological polar surface area (TPSA) is 59.8 Å². The molecular formula is C15H14F4N4O. The van der Waals surface area contributed by atoms with Gasteiger partial charge in [0.15, 0.2) is 0 Å². The third-order valence-corrected chi connectivity index (χ3v) is 3.82. The number of nitrogens with zero attached hydrogens (tertiary/aromatic N) is 3. The Morgan fingerprint density at radius 3 is 2.75 bits per heavy atom. The molecule has 0 fully saturated rings. The molecule has 5 nitrogen and oxygen atoms in total. The molecule has 1 aliphatic rings. The Morgan fingerprint density at radius 2 is 2.17 bits per heavy atom. The van der Waals surface area contributed by atoms with Gasteiger partial charge in [-0.05, 0) is 24.6 Å². The number of amides is 1. The van der Waals surface area contributed by atoms with Crippen molar-refractivity contribution in [3.05, 3.63) is 47.0 Å². The van der Waals surface area contributed by atoms with Gasteiger partial charge in [-0.1, -0.05) is 6.07 Å². The van der Waals surface area contributed by atoms with Crippen LogP contribution in [-0.2, 0) is 19.1 Å². The maximum atomic E-state index is 13.2. The fraction of sp³-hybridized carbons (Fsp3) is 0.400. The normalized spacial score (nSPS) is 18.3. The highest BCUT2D eigenvalue weighted by Crippen LogP contribution is 2.28. The Morgan fingerprint density at radius 1 is 1.42 bits per heavy atom. The van der Waals surface area contributed by atoms with Gasteiger partial charge in [0.05, 0.1) is 12.6 Å². The first-order valence-electron chi connectivity index (χ1n) is 7.29. The quantitative estimate of drug-likeness (QED) is 0.873. The van der Waals surface area contributed by atoms with E-state index in [-0.39, 0.29) is 18.7 Å². The van der Waals surface area contributed by atoms with Crippen molar-refractivity contribution in [1.82, 2.24) is 20.1 Å². The predicted octanol–water partition coefficient (Wildman–Crippen LogP) is 2.68. The zero-order valence-electron chi connectivity index (χ0n) is 12.6. The summed E-state index contributed by atoms with van der Waals surface area (Å²) < 4.78 is 52.1. The van der Waals surface area contributed by atoms with Crippen molar-refractivity contribution in [2.45, 2.75) is 38.3 Å². The van der Waals surface area contributed by atoms with Crippen LogP contribution in [0.2, 0.25) is 0 Å². The lowest BCUT2D eigenvalue weighted by molar-refractivity contribution is -0.141. The summed E-state index contributed by atoms with van der Waals surface area (Å²) in [7, 11) is 0. The summed E-state index contributed by atoms with van der Waals surface area (Å²) in [6.07, 6.45) is -4.19. The van der Waals surface area contributed by atoms with Gasteiger partial charge in [-0.15, -0.1) is 0 Å². The van der Waals surface area contributed by atoms with E-state index in [4.69, 9.17) is 0 Å². The van der Waals surface area contributed by atoms with Crippen molar-refractivity contribution in [2.75, 3.05) is 0 Å². The number of carbonyl (C=O) groups excluding carboxylic acids is 1. The summed E-state index contributed by atoms with van der Waals surface area (Å²) in [4.78, 5) is 15.5. The molecule has 24 heavy (non-hydrogen) atoms. The standard InChI is InChI=1S/C15H14F4N4O/c1-8(9-2-3-13(20-6-9)15(17,18)19)21-14(24)12-5-11-4-10(16)7-23(11)22-12/h2-3,5-6,8,10H,4,7H2,1H3,(H,21,24)/t8-,10?/m1/s1. The van der Waals surface area contributed by atoms with Crippen LogP contribution in [0.15, 0.2) is 24.4 Å². The van der Waals surface area contributed by atoms with Gasteiger partial charge in [0.25, 0.3) is 5.91 Å². The highest BCUT2D eigenvalue weighted by Gasteiger charge is 2.32. The summed E-state index contributed by atoms with van der Waals surface area (Å²) >= 11 is 0. The number of fused-ring (bicyclic) bond motifs is 1. The molecule has 0 spiro atoms. The Balaban J connectivity index is 1.67. The highest BCUT2D eigenvalue weighted by atomic mass is 19.4. The SMILES string of the molecule is C[C@@H](NC(=O)c1cc2n(n1)CC(F)C2)c1ccc(C(F)(F)F)nc1. The first-order valence-corrected chi connectivity index (χ1v) is 7.29. The second-order valence-corrected chi connectivity index (χ2v) is 5.67. The lowest BCUT2D eigenvalue weighted by atomic mass is 10.1. The van der Waals surface area contributed by atoms with E-state index in [1.165, 1.54) is 16.8 Å². The van der Waals surface area contributed by atoms with Crippen molar-refractivity contribution >= 4 is 5.91 Å². The molecule has 0 aliphatic carbocycles. The molecular weight excluding hydrogens is 328 g/mol. The Hall–Kier alpha value is -2.45. The average molecular weight is 342 g/mol. The molecule has 1 aliphatic heterocycles. The van der Waals surface area contributed by atoms with Crippen LogP contribution >= 0.6 is 0 Å². The van der Waals surface area contributed by atoms with E-state index in [1.807, 2.05) is 0 Å². The van der Waals surface area contributed by atoms with E-state index in [0.717, 1.165) is 12.3 Å². The number of rotatable bonds is 3. The molecule has 1 amide bonds. The van der Waals surface area contributed by atoms with Gasteiger partial charge in [0.1, 0.15) is 17.6 Å². The number of hydrogen-bond acceptors (Lipinski definition) is 3. The molecule has 0 bridgehead atoms. The van der Waals surface area contributed by atoms with E-state index < -0.39 is 30.0 Å². The molecule has 2 aromatic heterocycles.